The fraction of sp³-hybridized carbons (Fsp3) is 0.583. The highest BCUT2D eigenvalue weighted by Crippen LogP contribution is 1.96. The molecule has 0 bridgehead atoms. The summed E-state index contributed by atoms with van der Waals surface area (Å²) in [5.74, 6) is -0.171. The number of rotatable bonds is 4. The van der Waals surface area contributed by atoms with Gasteiger partial charge in [0.05, 0.1) is 18.9 Å². The molecule has 6 nitrogen and oxygen atoms in total. The van der Waals surface area contributed by atoms with Gasteiger partial charge in [-0.05, 0) is 19.1 Å². The van der Waals surface area contributed by atoms with Crippen LogP contribution in [0, 0.1) is 6.92 Å². The Bertz CT molecular complexity index is 388. The van der Waals surface area contributed by atoms with Gasteiger partial charge < -0.3 is 10.1 Å². The van der Waals surface area contributed by atoms with Gasteiger partial charge >= 0.3 is 0 Å². The van der Waals surface area contributed by atoms with E-state index in [1.54, 1.807) is 12.1 Å². The fourth-order valence-corrected chi connectivity index (χ4v) is 1.76. The topological polar surface area (TPSA) is 67.4 Å². The van der Waals surface area contributed by atoms with Crippen LogP contribution in [-0.4, -0.2) is 60.4 Å². The predicted octanol–water partition coefficient (Wildman–Crippen LogP) is -0.153. The van der Waals surface area contributed by atoms with Crippen molar-refractivity contribution in [3.8, 4) is 0 Å². The van der Waals surface area contributed by atoms with Crippen molar-refractivity contribution >= 4 is 5.91 Å². The molecule has 18 heavy (non-hydrogen) atoms. The van der Waals surface area contributed by atoms with E-state index in [0.717, 1.165) is 38.5 Å². The summed E-state index contributed by atoms with van der Waals surface area (Å²) >= 11 is 0. The first-order valence-electron chi connectivity index (χ1n) is 6.14. The van der Waals surface area contributed by atoms with Crippen molar-refractivity contribution in [2.75, 3.05) is 39.4 Å². The van der Waals surface area contributed by atoms with Crippen LogP contribution >= 0.6 is 0 Å². The lowest BCUT2D eigenvalue weighted by molar-refractivity contribution is 0.0383. The van der Waals surface area contributed by atoms with Crippen molar-refractivity contribution in [1.29, 1.82) is 0 Å². The molecule has 0 aromatic carbocycles. The number of morpholine rings is 1. The van der Waals surface area contributed by atoms with Crippen LogP contribution in [0.15, 0.2) is 12.1 Å². The highest BCUT2D eigenvalue weighted by atomic mass is 16.5. The monoisotopic (exact) mass is 250 g/mol. The van der Waals surface area contributed by atoms with Gasteiger partial charge in [-0.3, -0.25) is 9.69 Å². The van der Waals surface area contributed by atoms with E-state index in [4.69, 9.17) is 4.74 Å². The number of ether oxygens (including phenoxy) is 1. The molecule has 1 amide bonds. The molecule has 0 unspecified atom stereocenters. The number of nitrogens with one attached hydrogen (secondary N) is 1. The minimum Gasteiger partial charge on any atom is -0.379 e. The van der Waals surface area contributed by atoms with Crippen molar-refractivity contribution in [1.82, 2.24) is 20.4 Å². The van der Waals surface area contributed by atoms with E-state index in [9.17, 15) is 4.79 Å². The third-order valence-electron chi connectivity index (χ3n) is 2.85. The Hall–Kier alpha value is -1.53. The van der Waals surface area contributed by atoms with Crippen molar-refractivity contribution in [2.45, 2.75) is 6.92 Å². The van der Waals surface area contributed by atoms with E-state index in [1.807, 2.05) is 6.92 Å². The third-order valence-corrected chi connectivity index (χ3v) is 2.85. The van der Waals surface area contributed by atoms with Crippen LogP contribution in [0.5, 0.6) is 0 Å². The van der Waals surface area contributed by atoms with E-state index in [0.29, 0.717) is 12.2 Å². The Morgan fingerprint density at radius 2 is 2.17 bits per heavy atom. The van der Waals surface area contributed by atoms with Gasteiger partial charge in [0.2, 0.25) is 0 Å². The number of nitrogens with zero attached hydrogens (tertiary/aromatic N) is 3. The van der Waals surface area contributed by atoms with Gasteiger partial charge in [-0.2, -0.15) is 5.10 Å². The zero-order valence-corrected chi connectivity index (χ0v) is 10.6. The van der Waals surface area contributed by atoms with Gasteiger partial charge in [-0.15, -0.1) is 5.10 Å². The van der Waals surface area contributed by atoms with E-state index >= 15 is 0 Å². The van der Waals surface area contributed by atoms with E-state index < -0.39 is 0 Å². The SMILES string of the molecule is Cc1ccc(C(=O)NCCN2CCOCC2)nn1. The number of carbonyl (C=O) groups excluding carboxylic acids is 1. The summed E-state index contributed by atoms with van der Waals surface area (Å²) < 4.78 is 5.26. The summed E-state index contributed by atoms with van der Waals surface area (Å²) in [5.41, 5.74) is 1.17. The fourth-order valence-electron chi connectivity index (χ4n) is 1.76. The van der Waals surface area contributed by atoms with Gasteiger partial charge in [0.1, 0.15) is 0 Å². The van der Waals surface area contributed by atoms with E-state index in [-0.39, 0.29) is 5.91 Å². The Morgan fingerprint density at radius 1 is 1.39 bits per heavy atom. The lowest BCUT2D eigenvalue weighted by Crippen LogP contribution is -2.41. The maximum Gasteiger partial charge on any atom is 0.271 e. The molecule has 2 heterocycles. The molecule has 0 saturated carbocycles. The number of carbonyl (C=O) groups is 1. The van der Waals surface area contributed by atoms with Crippen LogP contribution in [0.25, 0.3) is 0 Å². The molecule has 1 aliphatic heterocycles. The van der Waals surface area contributed by atoms with Crippen LogP contribution in [-0.2, 0) is 4.74 Å². The first-order valence-corrected chi connectivity index (χ1v) is 6.14. The van der Waals surface area contributed by atoms with Crippen molar-refractivity contribution in [3.63, 3.8) is 0 Å². The maximum atomic E-state index is 11.7. The molecule has 1 aromatic heterocycles. The largest absolute Gasteiger partial charge is 0.379 e. The Labute approximate surface area is 106 Å². The van der Waals surface area contributed by atoms with E-state index in [1.165, 1.54) is 0 Å². The van der Waals surface area contributed by atoms with Crippen molar-refractivity contribution in [3.05, 3.63) is 23.5 Å². The Morgan fingerprint density at radius 3 is 2.83 bits per heavy atom. The minimum absolute atomic E-state index is 0.171. The average molecular weight is 250 g/mol. The van der Waals surface area contributed by atoms with Crippen LogP contribution in [0.4, 0.5) is 0 Å². The third kappa shape index (κ3) is 3.75. The summed E-state index contributed by atoms with van der Waals surface area (Å²) in [6.45, 7) is 6.71. The summed E-state index contributed by atoms with van der Waals surface area (Å²) in [5, 5.41) is 10.6. The molecule has 1 aliphatic rings. The second-order valence-corrected chi connectivity index (χ2v) is 4.27. The summed E-state index contributed by atoms with van der Waals surface area (Å²) in [7, 11) is 0. The molecular formula is C12H18N4O2. The molecule has 1 fully saturated rings. The molecule has 2 rings (SSSR count). The Kier molecular flexibility index (Phi) is 4.60. The predicted molar refractivity (Wildman–Crippen MR) is 66.4 cm³/mol. The highest BCUT2D eigenvalue weighted by molar-refractivity contribution is 5.91. The first-order chi connectivity index (χ1) is 8.75. The van der Waals surface area contributed by atoms with Crippen LogP contribution in [0.1, 0.15) is 16.2 Å². The summed E-state index contributed by atoms with van der Waals surface area (Å²) in [6.07, 6.45) is 0. The van der Waals surface area contributed by atoms with Gasteiger partial charge in [-0.25, -0.2) is 0 Å². The summed E-state index contributed by atoms with van der Waals surface area (Å²) in [6, 6.07) is 3.47. The number of aromatic nitrogens is 2. The molecule has 1 saturated heterocycles. The Balaban J connectivity index is 1.72. The molecule has 1 aromatic rings. The highest BCUT2D eigenvalue weighted by Gasteiger charge is 2.11. The minimum atomic E-state index is -0.171. The van der Waals surface area contributed by atoms with Crippen LogP contribution < -0.4 is 5.32 Å². The zero-order chi connectivity index (χ0) is 12.8. The smallest absolute Gasteiger partial charge is 0.271 e. The standard InChI is InChI=1S/C12H18N4O2/c1-10-2-3-11(15-14-10)12(17)13-4-5-16-6-8-18-9-7-16/h2-3H,4-9H2,1H3,(H,13,17). The second-order valence-electron chi connectivity index (χ2n) is 4.27. The lowest BCUT2D eigenvalue weighted by atomic mass is 10.3. The number of hydrogen-bond acceptors (Lipinski definition) is 5. The molecule has 0 aliphatic carbocycles. The van der Waals surface area contributed by atoms with Crippen molar-refractivity contribution in [2.24, 2.45) is 0 Å². The van der Waals surface area contributed by atoms with Gasteiger partial charge in [0, 0.05) is 26.2 Å². The lowest BCUT2D eigenvalue weighted by Gasteiger charge is -2.26. The number of aryl methyl sites for hydroxylation is 1. The van der Waals surface area contributed by atoms with Gasteiger partial charge in [0.15, 0.2) is 5.69 Å². The maximum absolute atomic E-state index is 11.7. The number of amides is 1. The molecule has 6 heteroatoms. The first kappa shape index (κ1) is 12.9. The normalized spacial score (nSPS) is 16.5. The van der Waals surface area contributed by atoms with Crippen LogP contribution in [0.3, 0.4) is 0 Å². The molecule has 0 radical (unpaired) electrons. The molecule has 1 N–H and O–H groups in total. The molecule has 98 valence electrons. The van der Waals surface area contributed by atoms with Crippen LogP contribution in [0.2, 0.25) is 0 Å². The molecular weight excluding hydrogens is 232 g/mol. The average Bonchev–Trinajstić information content (AvgIpc) is 2.40. The number of hydrogen-bond donors (Lipinski definition) is 1. The molecule has 0 spiro atoms. The quantitative estimate of drug-likeness (QED) is 0.804. The van der Waals surface area contributed by atoms with E-state index in [2.05, 4.69) is 20.4 Å². The van der Waals surface area contributed by atoms with Gasteiger partial charge in [-0.1, -0.05) is 0 Å². The zero-order valence-electron chi connectivity index (χ0n) is 10.6. The summed E-state index contributed by atoms with van der Waals surface area (Å²) in [4.78, 5) is 14.0. The molecule has 0 atom stereocenters. The van der Waals surface area contributed by atoms with Gasteiger partial charge in [0.25, 0.3) is 5.91 Å². The second kappa shape index (κ2) is 6.42. The van der Waals surface area contributed by atoms with Crippen molar-refractivity contribution < 1.29 is 9.53 Å².